The van der Waals surface area contributed by atoms with Gasteiger partial charge in [-0.2, -0.15) is 0 Å². The molecule has 1 unspecified atom stereocenters. The Bertz CT molecular complexity index is 2090. The van der Waals surface area contributed by atoms with Crippen molar-refractivity contribution in [3.8, 4) is 17.2 Å². The van der Waals surface area contributed by atoms with Crippen LogP contribution in [0.25, 0.3) is 28.6 Å². The number of ether oxygens (including phenoxy) is 1. The first-order chi connectivity index (χ1) is 23.9. The average Bonchev–Trinajstić information content (AvgIpc) is 3.57. The Hall–Kier alpha value is -6.13. The molecule has 6 aromatic rings. The van der Waals surface area contributed by atoms with E-state index in [2.05, 4.69) is 20.9 Å². The van der Waals surface area contributed by atoms with Crippen molar-refractivity contribution in [1.29, 1.82) is 0 Å². The number of nitrogens with one attached hydrogen (secondary N) is 3. The minimum atomic E-state index is -0.509. The van der Waals surface area contributed by atoms with Gasteiger partial charge in [0.25, 0.3) is 11.8 Å². The van der Waals surface area contributed by atoms with E-state index in [0.29, 0.717) is 39.7 Å². The van der Waals surface area contributed by atoms with E-state index in [4.69, 9.17) is 9.15 Å². The van der Waals surface area contributed by atoms with Crippen LogP contribution in [0.2, 0.25) is 0 Å². The molecule has 244 valence electrons. The van der Waals surface area contributed by atoms with E-state index in [1.165, 1.54) is 11.8 Å². The molecule has 49 heavy (non-hydrogen) atoms. The zero-order valence-corrected chi connectivity index (χ0v) is 27.5. The molecule has 0 spiro atoms. The van der Waals surface area contributed by atoms with E-state index in [9.17, 15) is 14.4 Å². The molecule has 9 nitrogen and oxygen atoms in total. The maximum Gasteiger partial charge on any atom is 0.272 e. The van der Waals surface area contributed by atoms with Gasteiger partial charge in [-0.05, 0) is 91.9 Å². The second-order valence-corrected chi connectivity index (χ2v) is 12.3. The van der Waals surface area contributed by atoms with Gasteiger partial charge in [-0.25, -0.2) is 4.98 Å². The van der Waals surface area contributed by atoms with E-state index in [1.807, 2.05) is 85.8 Å². The Morgan fingerprint density at radius 1 is 0.776 bits per heavy atom. The molecule has 0 radical (unpaired) electrons. The Labute approximate surface area is 287 Å². The number of rotatable bonds is 11. The van der Waals surface area contributed by atoms with Crippen LogP contribution in [-0.2, 0) is 9.59 Å². The summed E-state index contributed by atoms with van der Waals surface area (Å²) in [7, 11) is 1.54. The summed E-state index contributed by atoms with van der Waals surface area (Å²) in [6, 6.07) is 37.9. The van der Waals surface area contributed by atoms with Crippen LogP contribution in [0.5, 0.6) is 5.75 Å². The van der Waals surface area contributed by atoms with E-state index < -0.39 is 17.1 Å². The van der Waals surface area contributed by atoms with Crippen molar-refractivity contribution in [2.24, 2.45) is 0 Å². The summed E-state index contributed by atoms with van der Waals surface area (Å²) in [6.07, 6.45) is 1.57. The molecule has 10 heteroatoms. The molecule has 0 bridgehead atoms. The summed E-state index contributed by atoms with van der Waals surface area (Å²) in [5.74, 6) is -0.0145. The molecule has 3 amide bonds. The van der Waals surface area contributed by atoms with Crippen LogP contribution in [0, 0.1) is 0 Å². The van der Waals surface area contributed by atoms with Crippen molar-refractivity contribution in [2.45, 2.75) is 17.1 Å². The Balaban J connectivity index is 1.08. The molecule has 0 aliphatic rings. The molecule has 0 saturated heterocycles. The minimum Gasteiger partial charge on any atom is -0.496 e. The second-order valence-electron chi connectivity index (χ2n) is 10.9. The number of benzene rings is 5. The van der Waals surface area contributed by atoms with Crippen molar-refractivity contribution in [2.75, 3.05) is 17.7 Å². The number of thioether (sulfide) groups is 1. The predicted molar refractivity (Wildman–Crippen MR) is 193 cm³/mol. The summed E-state index contributed by atoms with van der Waals surface area (Å²) in [6.45, 7) is 1.83. The first kappa shape index (κ1) is 32.8. The third kappa shape index (κ3) is 8.24. The summed E-state index contributed by atoms with van der Waals surface area (Å²) < 4.78 is 11.3. The van der Waals surface area contributed by atoms with Crippen LogP contribution in [0.15, 0.2) is 142 Å². The lowest BCUT2D eigenvalue weighted by molar-refractivity contribution is -0.115. The summed E-state index contributed by atoms with van der Waals surface area (Å²) in [4.78, 5) is 44.8. The molecule has 1 aromatic heterocycles. The van der Waals surface area contributed by atoms with E-state index in [1.54, 1.807) is 61.7 Å². The zero-order valence-electron chi connectivity index (χ0n) is 26.7. The fourth-order valence-corrected chi connectivity index (χ4v) is 5.76. The van der Waals surface area contributed by atoms with Crippen molar-refractivity contribution in [3.05, 3.63) is 144 Å². The maximum absolute atomic E-state index is 13.4. The largest absolute Gasteiger partial charge is 0.496 e. The minimum absolute atomic E-state index is 0.0454. The van der Waals surface area contributed by atoms with E-state index in [-0.39, 0.29) is 11.6 Å². The molecular formula is C39H32N4O5S. The zero-order chi connectivity index (χ0) is 34.2. The van der Waals surface area contributed by atoms with Gasteiger partial charge in [-0.1, -0.05) is 48.5 Å². The number of amides is 3. The van der Waals surface area contributed by atoms with E-state index in [0.717, 1.165) is 16.0 Å². The van der Waals surface area contributed by atoms with Crippen LogP contribution in [0.4, 0.5) is 11.4 Å². The standard InChI is InChI=1S/C39H32N4O5S/c1-25(36(44)40-29-18-16-27(17-19-29)39-43-32-13-7-9-15-35(32)48-39)49-31-22-20-30(21-23-31)41-38(46)33(24-28-12-6-8-14-34(28)47-2)42-37(45)26-10-4-3-5-11-26/h3-25H,1-2H3,(H,40,44)(H,41,46)(H,42,45)/b33-24-. The highest BCUT2D eigenvalue weighted by molar-refractivity contribution is 8.00. The van der Waals surface area contributed by atoms with Gasteiger partial charge in [-0.15, -0.1) is 11.8 Å². The second kappa shape index (κ2) is 15.2. The van der Waals surface area contributed by atoms with Gasteiger partial charge < -0.3 is 25.1 Å². The number of hydrogen-bond acceptors (Lipinski definition) is 7. The average molecular weight is 669 g/mol. The van der Waals surface area contributed by atoms with Crippen molar-refractivity contribution < 1.29 is 23.5 Å². The highest BCUT2D eigenvalue weighted by atomic mass is 32.2. The normalized spacial score (nSPS) is 11.8. The number of fused-ring (bicyclic) bond motifs is 1. The van der Waals surface area contributed by atoms with Gasteiger partial charge >= 0.3 is 0 Å². The Morgan fingerprint density at radius 3 is 2.16 bits per heavy atom. The molecule has 0 saturated carbocycles. The van der Waals surface area contributed by atoms with Crippen molar-refractivity contribution in [3.63, 3.8) is 0 Å². The highest BCUT2D eigenvalue weighted by Crippen LogP contribution is 2.28. The van der Waals surface area contributed by atoms with Gasteiger partial charge in [-0.3, -0.25) is 14.4 Å². The molecule has 5 aromatic carbocycles. The van der Waals surface area contributed by atoms with Crippen molar-refractivity contribution >= 4 is 58.0 Å². The van der Waals surface area contributed by atoms with Gasteiger partial charge in [0.2, 0.25) is 11.8 Å². The first-order valence-electron chi connectivity index (χ1n) is 15.4. The number of carbonyl (C=O) groups excluding carboxylic acids is 3. The number of anilines is 2. The smallest absolute Gasteiger partial charge is 0.272 e. The number of methoxy groups -OCH3 is 1. The van der Waals surface area contributed by atoms with Gasteiger partial charge in [0.05, 0.1) is 12.4 Å². The fourth-order valence-electron chi connectivity index (χ4n) is 4.89. The third-order valence-electron chi connectivity index (χ3n) is 7.46. The number of aromatic nitrogens is 1. The number of oxazole rings is 1. The fraction of sp³-hybridized carbons (Fsp3) is 0.0769. The van der Waals surface area contributed by atoms with Crippen LogP contribution < -0.4 is 20.7 Å². The van der Waals surface area contributed by atoms with Crippen LogP contribution in [0.1, 0.15) is 22.8 Å². The maximum atomic E-state index is 13.4. The lowest BCUT2D eigenvalue weighted by Crippen LogP contribution is -2.30. The summed E-state index contributed by atoms with van der Waals surface area (Å²) in [5, 5.41) is 8.14. The number of para-hydroxylation sites is 3. The topological polar surface area (TPSA) is 123 Å². The lowest BCUT2D eigenvalue weighted by atomic mass is 10.1. The first-order valence-corrected chi connectivity index (χ1v) is 16.3. The van der Waals surface area contributed by atoms with Gasteiger partial charge in [0.1, 0.15) is 17.0 Å². The highest BCUT2D eigenvalue weighted by Gasteiger charge is 2.18. The summed E-state index contributed by atoms with van der Waals surface area (Å²) >= 11 is 1.39. The predicted octanol–water partition coefficient (Wildman–Crippen LogP) is 8.03. The van der Waals surface area contributed by atoms with Crippen LogP contribution in [0.3, 0.4) is 0 Å². The molecule has 3 N–H and O–H groups in total. The number of carbonyl (C=O) groups is 3. The monoisotopic (exact) mass is 668 g/mol. The Morgan fingerprint density at radius 2 is 1.43 bits per heavy atom. The quantitative estimate of drug-likeness (QED) is 0.0944. The molecule has 0 fully saturated rings. The SMILES string of the molecule is COc1ccccc1/C=C(\NC(=O)c1ccccc1)C(=O)Nc1ccc(SC(C)C(=O)Nc2ccc(-c3nc4ccccc4o3)cc2)cc1. The molecular weight excluding hydrogens is 637 g/mol. The Kier molecular flexibility index (Phi) is 10.2. The number of hydrogen-bond donors (Lipinski definition) is 3. The lowest BCUT2D eigenvalue weighted by Gasteiger charge is -2.14. The molecule has 0 aliphatic carbocycles. The number of nitrogens with zero attached hydrogens (tertiary/aromatic N) is 1. The third-order valence-corrected chi connectivity index (χ3v) is 8.57. The molecule has 6 rings (SSSR count). The van der Waals surface area contributed by atoms with Crippen LogP contribution in [-0.4, -0.2) is 35.1 Å². The molecule has 0 aliphatic heterocycles. The van der Waals surface area contributed by atoms with Crippen molar-refractivity contribution in [1.82, 2.24) is 10.3 Å². The van der Waals surface area contributed by atoms with Gasteiger partial charge in [0.15, 0.2) is 5.58 Å². The van der Waals surface area contributed by atoms with E-state index >= 15 is 0 Å². The molecule has 1 heterocycles. The van der Waals surface area contributed by atoms with Crippen LogP contribution >= 0.6 is 11.8 Å². The summed E-state index contributed by atoms with van der Waals surface area (Å²) in [5.41, 5.74) is 4.58. The van der Waals surface area contributed by atoms with Gasteiger partial charge in [0, 0.05) is 33.0 Å². The molecule has 1 atom stereocenters.